The largest absolute Gasteiger partial charge is 0.370 e. The number of hydrogen-bond donors (Lipinski definition) is 2. The summed E-state index contributed by atoms with van der Waals surface area (Å²) in [5.41, 5.74) is 9.38. The molecule has 2 aromatic carbocycles. The van der Waals surface area contributed by atoms with Gasteiger partial charge in [-0.25, -0.2) is 4.99 Å². The zero-order valence-corrected chi connectivity index (χ0v) is 16.9. The van der Waals surface area contributed by atoms with Gasteiger partial charge in [0.05, 0.1) is 6.54 Å². The second kappa shape index (κ2) is 9.82. The smallest absolute Gasteiger partial charge is 0.193 e. The Kier molecular flexibility index (Phi) is 8.47. The maximum Gasteiger partial charge on any atom is 0.193 e. The maximum absolute atomic E-state index is 5.97. The number of hydrogen-bond acceptors (Lipinski definition) is 2. The van der Waals surface area contributed by atoms with Gasteiger partial charge in [-0.05, 0) is 47.6 Å². The monoisotopic (exact) mass is 441 g/mol. The van der Waals surface area contributed by atoms with E-state index in [1.807, 2.05) is 12.1 Å². The van der Waals surface area contributed by atoms with Gasteiger partial charge in [0, 0.05) is 10.6 Å². The molecule has 0 spiro atoms. The summed E-state index contributed by atoms with van der Waals surface area (Å²) >= 11 is 1.73. The maximum atomic E-state index is 5.97. The van der Waals surface area contributed by atoms with Gasteiger partial charge in [-0.1, -0.05) is 38.1 Å². The lowest BCUT2D eigenvalue weighted by Gasteiger charge is -2.10. The van der Waals surface area contributed by atoms with Crippen LogP contribution in [0.2, 0.25) is 0 Å². The summed E-state index contributed by atoms with van der Waals surface area (Å²) < 4.78 is 0. The van der Waals surface area contributed by atoms with Crippen molar-refractivity contribution in [1.82, 2.24) is 0 Å². The van der Waals surface area contributed by atoms with Crippen molar-refractivity contribution in [2.45, 2.75) is 31.2 Å². The minimum absolute atomic E-state index is 0. The number of aliphatic imine (C=N–C) groups is 1. The van der Waals surface area contributed by atoms with Crippen molar-refractivity contribution >= 4 is 47.4 Å². The number of thioether (sulfide) groups is 1. The van der Waals surface area contributed by atoms with Crippen LogP contribution >= 0.6 is 35.7 Å². The van der Waals surface area contributed by atoms with Crippen LogP contribution in [0.5, 0.6) is 0 Å². The second-order valence-electron chi connectivity index (χ2n) is 5.45. The third-order valence-corrected chi connectivity index (χ3v) is 4.16. The fraction of sp³-hybridized carbons (Fsp3) is 0.278. The van der Waals surface area contributed by atoms with Crippen molar-refractivity contribution in [3.05, 3.63) is 59.7 Å². The fourth-order valence-corrected chi connectivity index (χ4v) is 2.48. The van der Waals surface area contributed by atoms with Crippen LogP contribution in [0.1, 0.15) is 30.9 Å². The lowest BCUT2D eigenvalue weighted by molar-refractivity contribution is 0.867. The second-order valence-corrected chi connectivity index (χ2v) is 6.33. The number of rotatable bonds is 5. The van der Waals surface area contributed by atoms with Crippen LogP contribution < -0.4 is 11.1 Å². The number of halogens is 1. The highest BCUT2D eigenvalue weighted by Crippen LogP contribution is 2.18. The molecular formula is C18H24IN3S. The minimum atomic E-state index is 0. The van der Waals surface area contributed by atoms with Crippen LogP contribution in [-0.4, -0.2) is 12.2 Å². The quantitative estimate of drug-likeness (QED) is 0.295. The summed E-state index contributed by atoms with van der Waals surface area (Å²) in [6.45, 7) is 4.93. The average molecular weight is 441 g/mol. The van der Waals surface area contributed by atoms with Crippen molar-refractivity contribution in [3.8, 4) is 0 Å². The topological polar surface area (TPSA) is 50.4 Å². The molecule has 2 rings (SSSR count). The lowest BCUT2D eigenvalue weighted by Crippen LogP contribution is -2.22. The van der Waals surface area contributed by atoms with Gasteiger partial charge in [0.25, 0.3) is 0 Å². The van der Waals surface area contributed by atoms with E-state index < -0.39 is 0 Å². The van der Waals surface area contributed by atoms with E-state index in [2.05, 4.69) is 66.8 Å². The number of anilines is 1. The van der Waals surface area contributed by atoms with E-state index in [0.717, 1.165) is 11.3 Å². The molecule has 3 N–H and O–H groups in total. The molecule has 0 atom stereocenters. The molecule has 0 radical (unpaired) electrons. The van der Waals surface area contributed by atoms with Gasteiger partial charge < -0.3 is 11.1 Å². The molecule has 0 saturated heterocycles. The summed E-state index contributed by atoms with van der Waals surface area (Å²) in [7, 11) is 0. The molecule has 0 aliphatic rings. The Labute approximate surface area is 160 Å². The number of guanidine groups is 1. The normalized spacial score (nSPS) is 11.2. The summed E-state index contributed by atoms with van der Waals surface area (Å²) in [6.07, 6.45) is 2.07. The third kappa shape index (κ3) is 6.43. The molecule has 23 heavy (non-hydrogen) atoms. The zero-order chi connectivity index (χ0) is 15.9. The van der Waals surface area contributed by atoms with E-state index in [4.69, 9.17) is 5.73 Å². The van der Waals surface area contributed by atoms with Crippen LogP contribution in [-0.2, 0) is 6.54 Å². The van der Waals surface area contributed by atoms with E-state index in [0.29, 0.717) is 18.4 Å². The van der Waals surface area contributed by atoms with Crippen LogP contribution in [0, 0.1) is 0 Å². The van der Waals surface area contributed by atoms with Gasteiger partial charge in [-0.15, -0.1) is 35.7 Å². The van der Waals surface area contributed by atoms with Gasteiger partial charge in [-0.2, -0.15) is 0 Å². The SMILES string of the molecule is CSc1ccc(CN=C(N)Nc2cccc(C(C)C)c2)cc1.I. The van der Waals surface area contributed by atoms with Crippen molar-refractivity contribution in [1.29, 1.82) is 0 Å². The Morgan fingerprint density at radius 1 is 1.17 bits per heavy atom. The summed E-state index contributed by atoms with van der Waals surface area (Å²) in [5, 5.41) is 3.15. The number of nitrogens with zero attached hydrogens (tertiary/aromatic N) is 1. The highest BCUT2D eigenvalue weighted by Gasteiger charge is 2.01. The molecule has 0 bridgehead atoms. The standard InChI is InChI=1S/C18H23N3S.HI/c1-13(2)15-5-4-6-16(11-15)21-18(19)20-12-14-7-9-17(22-3)10-8-14;/h4-11,13H,12H2,1-3H3,(H3,19,20,21);1H. The minimum Gasteiger partial charge on any atom is -0.370 e. The first-order valence-corrected chi connectivity index (χ1v) is 8.61. The summed E-state index contributed by atoms with van der Waals surface area (Å²) in [4.78, 5) is 5.65. The van der Waals surface area contributed by atoms with Crippen LogP contribution in [0.3, 0.4) is 0 Å². The van der Waals surface area contributed by atoms with E-state index >= 15 is 0 Å². The Morgan fingerprint density at radius 3 is 2.48 bits per heavy atom. The Bertz CT molecular complexity index is 639. The number of nitrogens with two attached hydrogens (primary N) is 1. The Morgan fingerprint density at radius 2 is 1.87 bits per heavy atom. The first-order valence-electron chi connectivity index (χ1n) is 7.38. The highest BCUT2D eigenvalue weighted by molar-refractivity contribution is 14.0. The summed E-state index contributed by atoms with van der Waals surface area (Å²) in [6, 6.07) is 16.6. The van der Waals surface area contributed by atoms with Crippen molar-refractivity contribution < 1.29 is 0 Å². The van der Waals surface area contributed by atoms with Gasteiger partial charge in [0.2, 0.25) is 0 Å². The predicted molar refractivity (Wildman–Crippen MR) is 113 cm³/mol. The van der Waals surface area contributed by atoms with E-state index in [1.54, 1.807) is 11.8 Å². The molecule has 0 heterocycles. The molecule has 5 heteroatoms. The lowest BCUT2D eigenvalue weighted by atomic mass is 10.0. The van der Waals surface area contributed by atoms with Crippen LogP contribution in [0.4, 0.5) is 5.69 Å². The molecule has 3 nitrogen and oxygen atoms in total. The molecule has 0 aromatic heterocycles. The summed E-state index contributed by atoms with van der Waals surface area (Å²) in [5.74, 6) is 0.935. The molecule has 0 fully saturated rings. The Balaban J connectivity index is 0.00000264. The van der Waals surface area contributed by atoms with E-state index in [9.17, 15) is 0 Å². The molecule has 0 aliphatic carbocycles. The molecule has 0 amide bonds. The molecule has 124 valence electrons. The van der Waals surface area contributed by atoms with E-state index in [1.165, 1.54) is 10.5 Å². The zero-order valence-electron chi connectivity index (χ0n) is 13.7. The van der Waals surface area contributed by atoms with Crippen molar-refractivity contribution in [3.63, 3.8) is 0 Å². The van der Waals surface area contributed by atoms with Gasteiger partial charge in [0.15, 0.2) is 5.96 Å². The highest BCUT2D eigenvalue weighted by atomic mass is 127. The van der Waals surface area contributed by atoms with Crippen LogP contribution in [0.15, 0.2) is 58.4 Å². The average Bonchev–Trinajstić information content (AvgIpc) is 2.53. The fourth-order valence-electron chi connectivity index (χ4n) is 2.07. The molecule has 0 saturated carbocycles. The number of nitrogens with one attached hydrogen (secondary N) is 1. The molecule has 2 aromatic rings. The third-order valence-electron chi connectivity index (χ3n) is 3.42. The predicted octanol–water partition coefficient (Wildman–Crippen LogP) is 5.08. The van der Waals surface area contributed by atoms with Crippen LogP contribution in [0.25, 0.3) is 0 Å². The first kappa shape index (κ1) is 19.8. The van der Waals surface area contributed by atoms with Gasteiger partial charge >= 0.3 is 0 Å². The molecular weight excluding hydrogens is 417 g/mol. The number of benzene rings is 2. The Hall–Kier alpha value is -1.21. The van der Waals surface area contributed by atoms with Gasteiger partial charge in [-0.3, -0.25) is 0 Å². The van der Waals surface area contributed by atoms with E-state index in [-0.39, 0.29) is 24.0 Å². The molecule has 0 unspecified atom stereocenters. The van der Waals surface area contributed by atoms with Crippen molar-refractivity contribution in [2.24, 2.45) is 10.7 Å². The first-order chi connectivity index (χ1) is 10.6. The molecule has 0 aliphatic heterocycles. The van der Waals surface area contributed by atoms with Gasteiger partial charge in [0.1, 0.15) is 0 Å². The van der Waals surface area contributed by atoms with Crippen molar-refractivity contribution in [2.75, 3.05) is 11.6 Å².